The van der Waals surface area contributed by atoms with Gasteiger partial charge >= 0.3 is 0 Å². The quantitative estimate of drug-likeness (QED) is 0.186. The predicted octanol–water partition coefficient (Wildman–Crippen LogP) is -1.05. The number of carbonyl (C=O) groups excluding carboxylic acids is 4. The minimum atomic E-state index is -1.10. The van der Waals surface area contributed by atoms with Crippen molar-refractivity contribution in [3.63, 3.8) is 0 Å². The van der Waals surface area contributed by atoms with Gasteiger partial charge in [0.25, 0.3) is 0 Å². The Bertz CT molecular complexity index is 743. The molecule has 8 N–H and O–H groups in total. The van der Waals surface area contributed by atoms with Gasteiger partial charge in [0.1, 0.15) is 12.1 Å². The van der Waals surface area contributed by atoms with Crippen molar-refractivity contribution >= 4 is 23.6 Å². The van der Waals surface area contributed by atoms with Crippen LogP contribution in [0, 0.1) is 5.92 Å². The summed E-state index contributed by atoms with van der Waals surface area (Å²) in [4.78, 5) is 47.4. The molecule has 1 rings (SSSR count). The third-order valence-corrected chi connectivity index (χ3v) is 4.96. The molecule has 0 heterocycles. The van der Waals surface area contributed by atoms with Crippen LogP contribution in [0.5, 0.6) is 0 Å². The molecule has 10 nitrogen and oxygen atoms in total. The van der Waals surface area contributed by atoms with E-state index >= 15 is 0 Å². The van der Waals surface area contributed by atoms with E-state index in [1.807, 2.05) is 30.3 Å². The van der Waals surface area contributed by atoms with Gasteiger partial charge in [-0.1, -0.05) is 37.3 Å². The number of nitrogens with two attached hydrogens (primary N) is 2. The standard InChI is InChI=1S/C22H35N5O5/c1-15(20(24)30)9-10-19(29)25-11-5-6-12-26-22(32)18(27-21(31)17(23)14-28)13-16-7-3-2-4-8-16/h2-4,7-8,15,17-18,28H,5-6,9-14,23H2,1H3,(H2,24,30)(H,25,29)(H,26,32)(H,27,31). The predicted molar refractivity (Wildman–Crippen MR) is 120 cm³/mol. The summed E-state index contributed by atoms with van der Waals surface area (Å²) in [7, 11) is 0. The summed E-state index contributed by atoms with van der Waals surface area (Å²) in [6.07, 6.45) is 2.22. The molecule has 0 spiro atoms. The summed E-state index contributed by atoms with van der Waals surface area (Å²) >= 11 is 0. The molecule has 0 radical (unpaired) electrons. The van der Waals surface area contributed by atoms with Crippen molar-refractivity contribution in [1.29, 1.82) is 0 Å². The molecule has 0 saturated heterocycles. The van der Waals surface area contributed by atoms with Crippen LogP contribution in [0.3, 0.4) is 0 Å². The Labute approximate surface area is 188 Å². The molecule has 10 heteroatoms. The molecular formula is C22H35N5O5. The first kappa shape index (κ1) is 27.1. The van der Waals surface area contributed by atoms with Gasteiger partial charge in [-0.3, -0.25) is 19.2 Å². The lowest BCUT2D eigenvalue weighted by Crippen LogP contribution is -2.53. The Balaban J connectivity index is 2.39. The SMILES string of the molecule is CC(CCC(=O)NCCCCNC(=O)C(Cc1ccccc1)NC(=O)C(N)CO)C(N)=O. The Morgan fingerprint density at radius 1 is 1.00 bits per heavy atom. The summed E-state index contributed by atoms with van der Waals surface area (Å²) < 4.78 is 0. The lowest BCUT2D eigenvalue weighted by molar-refractivity contribution is -0.130. The van der Waals surface area contributed by atoms with Crippen molar-refractivity contribution in [2.45, 2.75) is 51.1 Å². The first-order valence-electron chi connectivity index (χ1n) is 10.8. The van der Waals surface area contributed by atoms with Crippen LogP contribution in [-0.2, 0) is 25.6 Å². The lowest BCUT2D eigenvalue weighted by atomic mass is 10.0. The highest BCUT2D eigenvalue weighted by Gasteiger charge is 2.23. The van der Waals surface area contributed by atoms with Gasteiger partial charge in [0.05, 0.1) is 6.61 Å². The molecule has 0 aliphatic rings. The van der Waals surface area contributed by atoms with Crippen molar-refractivity contribution in [3.8, 4) is 0 Å². The van der Waals surface area contributed by atoms with Crippen molar-refractivity contribution < 1.29 is 24.3 Å². The first-order valence-corrected chi connectivity index (χ1v) is 10.8. The van der Waals surface area contributed by atoms with Crippen molar-refractivity contribution in [2.75, 3.05) is 19.7 Å². The Kier molecular flexibility index (Phi) is 12.6. The van der Waals surface area contributed by atoms with Gasteiger partial charge in [-0.2, -0.15) is 0 Å². The maximum Gasteiger partial charge on any atom is 0.242 e. The zero-order valence-corrected chi connectivity index (χ0v) is 18.5. The van der Waals surface area contributed by atoms with E-state index in [2.05, 4.69) is 16.0 Å². The highest BCUT2D eigenvalue weighted by molar-refractivity contribution is 5.90. The molecule has 0 aliphatic heterocycles. The second-order valence-corrected chi connectivity index (χ2v) is 7.73. The monoisotopic (exact) mass is 449 g/mol. The van der Waals surface area contributed by atoms with Gasteiger partial charge in [0.15, 0.2) is 0 Å². The molecule has 0 bridgehead atoms. The Morgan fingerprint density at radius 2 is 1.62 bits per heavy atom. The van der Waals surface area contributed by atoms with Gasteiger partial charge in [-0.05, 0) is 24.8 Å². The summed E-state index contributed by atoms with van der Waals surface area (Å²) in [5.41, 5.74) is 11.6. The number of hydrogen-bond donors (Lipinski definition) is 6. The zero-order valence-electron chi connectivity index (χ0n) is 18.5. The number of amides is 4. The third-order valence-electron chi connectivity index (χ3n) is 4.96. The van der Waals surface area contributed by atoms with E-state index in [-0.39, 0.29) is 30.6 Å². The van der Waals surface area contributed by atoms with Gasteiger partial charge in [-0.25, -0.2) is 0 Å². The largest absolute Gasteiger partial charge is 0.394 e. The molecule has 0 fully saturated rings. The molecule has 4 amide bonds. The maximum absolute atomic E-state index is 12.6. The number of carbonyl (C=O) groups is 4. The molecule has 1 aromatic rings. The molecule has 0 aliphatic carbocycles. The summed E-state index contributed by atoms with van der Waals surface area (Å²) in [6.45, 7) is 2.00. The molecule has 0 aromatic heterocycles. The molecule has 32 heavy (non-hydrogen) atoms. The van der Waals surface area contributed by atoms with Gasteiger partial charge in [0.2, 0.25) is 23.6 Å². The number of rotatable bonds is 15. The second kappa shape index (κ2) is 14.9. The van der Waals surface area contributed by atoms with Gasteiger partial charge in [-0.15, -0.1) is 0 Å². The van der Waals surface area contributed by atoms with Crippen LogP contribution in [0.15, 0.2) is 30.3 Å². The Hall–Kier alpha value is -2.98. The molecule has 178 valence electrons. The third kappa shape index (κ3) is 10.9. The van der Waals surface area contributed by atoms with E-state index in [0.29, 0.717) is 32.4 Å². The van der Waals surface area contributed by atoms with Crippen LogP contribution in [-0.4, -0.2) is 60.5 Å². The van der Waals surface area contributed by atoms with Gasteiger partial charge < -0.3 is 32.5 Å². The van der Waals surface area contributed by atoms with Crippen molar-refractivity contribution in [3.05, 3.63) is 35.9 Å². The number of aliphatic hydroxyl groups excluding tert-OH is 1. The highest BCUT2D eigenvalue weighted by Crippen LogP contribution is 2.05. The molecular weight excluding hydrogens is 414 g/mol. The summed E-state index contributed by atoms with van der Waals surface area (Å²) in [5.74, 6) is -1.86. The highest BCUT2D eigenvalue weighted by atomic mass is 16.3. The van der Waals surface area contributed by atoms with E-state index in [1.165, 1.54) is 0 Å². The molecule has 3 atom stereocenters. The summed E-state index contributed by atoms with van der Waals surface area (Å²) in [6, 6.07) is 7.32. The smallest absolute Gasteiger partial charge is 0.242 e. The van der Waals surface area contributed by atoms with Crippen LogP contribution in [0.4, 0.5) is 0 Å². The topological polar surface area (TPSA) is 177 Å². The second-order valence-electron chi connectivity index (χ2n) is 7.73. The maximum atomic E-state index is 12.6. The van der Waals surface area contributed by atoms with E-state index < -0.39 is 30.5 Å². The number of unbranched alkanes of at least 4 members (excludes halogenated alkanes) is 1. The average molecular weight is 450 g/mol. The van der Waals surface area contributed by atoms with Crippen LogP contribution in [0.25, 0.3) is 0 Å². The van der Waals surface area contributed by atoms with Crippen LogP contribution >= 0.6 is 0 Å². The van der Waals surface area contributed by atoms with Crippen LogP contribution < -0.4 is 27.4 Å². The molecule has 1 aromatic carbocycles. The zero-order chi connectivity index (χ0) is 23.9. The van der Waals surface area contributed by atoms with E-state index in [9.17, 15) is 19.2 Å². The fraction of sp³-hybridized carbons (Fsp3) is 0.545. The van der Waals surface area contributed by atoms with Gasteiger partial charge in [0, 0.05) is 31.8 Å². The fourth-order valence-corrected chi connectivity index (χ4v) is 2.81. The minimum absolute atomic E-state index is 0.145. The first-order chi connectivity index (χ1) is 15.2. The normalized spacial score (nSPS) is 13.5. The fourth-order valence-electron chi connectivity index (χ4n) is 2.81. The number of hydrogen-bond acceptors (Lipinski definition) is 6. The van der Waals surface area contributed by atoms with E-state index in [0.717, 1.165) is 5.56 Å². The average Bonchev–Trinajstić information content (AvgIpc) is 2.78. The minimum Gasteiger partial charge on any atom is -0.394 e. The van der Waals surface area contributed by atoms with E-state index in [1.54, 1.807) is 6.92 Å². The van der Waals surface area contributed by atoms with Crippen molar-refractivity contribution in [1.82, 2.24) is 16.0 Å². The number of nitrogens with one attached hydrogen (secondary N) is 3. The van der Waals surface area contributed by atoms with Crippen LogP contribution in [0.2, 0.25) is 0 Å². The van der Waals surface area contributed by atoms with E-state index in [4.69, 9.17) is 16.6 Å². The molecule has 0 saturated carbocycles. The van der Waals surface area contributed by atoms with Crippen LogP contribution in [0.1, 0.15) is 38.2 Å². The summed E-state index contributed by atoms with van der Waals surface area (Å²) in [5, 5.41) is 17.2. The number of benzene rings is 1. The number of primary amides is 1. The molecule has 3 unspecified atom stereocenters. The van der Waals surface area contributed by atoms with Crippen molar-refractivity contribution in [2.24, 2.45) is 17.4 Å². The Morgan fingerprint density at radius 3 is 2.22 bits per heavy atom. The number of aliphatic hydroxyl groups is 1. The lowest BCUT2D eigenvalue weighted by Gasteiger charge is -2.20.